The number of nitrogens with zero attached hydrogens (tertiary/aromatic N) is 1. The van der Waals surface area contributed by atoms with Crippen LogP contribution in [0.4, 0.5) is 5.69 Å². The van der Waals surface area contributed by atoms with Crippen LogP contribution in [0.1, 0.15) is 60.7 Å². The fraction of sp³-hybridized carbons (Fsp3) is 0.440. The van der Waals surface area contributed by atoms with Crippen molar-refractivity contribution in [2.45, 2.75) is 52.5 Å². The van der Waals surface area contributed by atoms with Crippen LogP contribution in [0, 0.1) is 6.92 Å². The van der Waals surface area contributed by atoms with Gasteiger partial charge in [-0.25, -0.2) is 4.79 Å². The predicted molar refractivity (Wildman–Crippen MR) is 122 cm³/mol. The zero-order chi connectivity index (χ0) is 23.2. The fourth-order valence-electron chi connectivity index (χ4n) is 3.68. The number of carboxylic acid groups (broad SMARTS) is 1. The second-order valence-corrected chi connectivity index (χ2v) is 8.64. The third-order valence-corrected chi connectivity index (χ3v) is 5.35. The van der Waals surface area contributed by atoms with Gasteiger partial charge in [-0.2, -0.15) is 0 Å². The molecule has 0 radical (unpaired) electrons. The van der Waals surface area contributed by atoms with Crippen molar-refractivity contribution in [3.05, 3.63) is 58.7 Å². The molecule has 0 spiro atoms. The second kappa shape index (κ2) is 10.3. The first kappa shape index (κ1) is 24.3. The van der Waals surface area contributed by atoms with E-state index in [9.17, 15) is 14.7 Å². The highest BCUT2D eigenvalue weighted by atomic mass is 16.5. The van der Waals surface area contributed by atoms with Crippen LogP contribution in [0.15, 0.2) is 36.4 Å². The van der Waals surface area contributed by atoms with Gasteiger partial charge in [-0.15, -0.1) is 0 Å². The van der Waals surface area contributed by atoms with E-state index in [0.717, 1.165) is 28.1 Å². The summed E-state index contributed by atoms with van der Waals surface area (Å²) in [6.07, 6.45) is 0.904. The second-order valence-electron chi connectivity index (χ2n) is 8.64. The van der Waals surface area contributed by atoms with E-state index < -0.39 is 5.97 Å². The lowest BCUT2D eigenvalue weighted by Gasteiger charge is -2.34. The number of esters is 1. The van der Waals surface area contributed by atoms with Gasteiger partial charge in [-0.05, 0) is 53.6 Å². The number of carbonyl (C=O) groups is 2. The lowest BCUT2D eigenvalue weighted by Crippen LogP contribution is -2.29. The van der Waals surface area contributed by atoms with Crippen molar-refractivity contribution in [2.24, 2.45) is 0 Å². The van der Waals surface area contributed by atoms with Crippen molar-refractivity contribution in [3.63, 3.8) is 0 Å². The predicted octanol–water partition coefficient (Wildman–Crippen LogP) is 4.96. The van der Waals surface area contributed by atoms with E-state index >= 15 is 0 Å². The first-order valence-electron chi connectivity index (χ1n) is 10.4. The zero-order valence-electron chi connectivity index (χ0n) is 19.3. The SMILES string of the molecule is COC(=O)CCCN(Cc1ccc(OC)cc1)c1c(C(C)(C)C)ccc(C(=O)O)c1C. The van der Waals surface area contributed by atoms with Crippen LogP contribution in [0.2, 0.25) is 0 Å². The van der Waals surface area contributed by atoms with Crippen LogP contribution in [-0.2, 0) is 21.5 Å². The van der Waals surface area contributed by atoms with Gasteiger partial charge in [0.15, 0.2) is 0 Å². The minimum Gasteiger partial charge on any atom is -0.497 e. The Morgan fingerprint density at radius 1 is 1.03 bits per heavy atom. The maximum Gasteiger partial charge on any atom is 0.336 e. The Morgan fingerprint density at radius 3 is 2.19 bits per heavy atom. The molecule has 2 rings (SSSR count). The molecule has 0 aliphatic rings. The van der Waals surface area contributed by atoms with Crippen LogP contribution >= 0.6 is 0 Å². The molecule has 168 valence electrons. The van der Waals surface area contributed by atoms with Crippen molar-refractivity contribution >= 4 is 17.6 Å². The van der Waals surface area contributed by atoms with E-state index in [0.29, 0.717) is 25.9 Å². The molecule has 2 aromatic rings. The number of ether oxygens (including phenoxy) is 2. The molecule has 0 aliphatic carbocycles. The van der Waals surface area contributed by atoms with E-state index in [2.05, 4.69) is 25.7 Å². The molecular formula is C25H33NO5. The third kappa shape index (κ3) is 6.23. The number of anilines is 1. The Morgan fingerprint density at radius 2 is 1.68 bits per heavy atom. The number of methoxy groups -OCH3 is 2. The molecule has 0 amide bonds. The molecule has 0 saturated heterocycles. The van der Waals surface area contributed by atoms with Gasteiger partial charge in [0.05, 0.1) is 19.8 Å². The maximum absolute atomic E-state index is 11.8. The van der Waals surface area contributed by atoms with Crippen molar-refractivity contribution in [3.8, 4) is 5.75 Å². The summed E-state index contributed by atoms with van der Waals surface area (Å²) >= 11 is 0. The molecule has 0 heterocycles. The van der Waals surface area contributed by atoms with Crippen molar-refractivity contribution in [1.82, 2.24) is 0 Å². The van der Waals surface area contributed by atoms with Gasteiger partial charge in [0.25, 0.3) is 0 Å². The molecule has 0 fully saturated rings. The zero-order valence-corrected chi connectivity index (χ0v) is 19.3. The average Bonchev–Trinajstić information content (AvgIpc) is 2.72. The monoisotopic (exact) mass is 427 g/mol. The first-order valence-corrected chi connectivity index (χ1v) is 10.4. The molecule has 0 saturated carbocycles. The minimum absolute atomic E-state index is 0.183. The summed E-state index contributed by atoms with van der Waals surface area (Å²) in [7, 11) is 3.01. The Kier molecular flexibility index (Phi) is 8.08. The number of aromatic carboxylic acids is 1. The van der Waals surface area contributed by atoms with Gasteiger partial charge in [0, 0.05) is 25.2 Å². The summed E-state index contributed by atoms with van der Waals surface area (Å²) in [6.45, 7) is 9.38. The Bertz CT molecular complexity index is 913. The van der Waals surface area contributed by atoms with E-state index in [1.807, 2.05) is 37.3 Å². The van der Waals surface area contributed by atoms with Gasteiger partial charge in [0.2, 0.25) is 0 Å². The highest BCUT2D eigenvalue weighted by Crippen LogP contribution is 2.37. The lowest BCUT2D eigenvalue weighted by atomic mass is 9.83. The van der Waals surface area contributed by atoms with E-state index in [1.54, 1.807) is 13.2 Å². The molecule has 0 aromatic heterocycles. The molecule has 0 bridgehead atoms. The molecule has 0 aliphatic heterocycles. The van der Waals surface area contributed by atoms with Crippen molar-refractivity contribution in [2.75, 3.05) is 25.7 Å². The molecule has 0 unspecified atom stereocenters. The quantitative estimate of drug-likeness (QED) is 0.570. The van der Waals surface area contributed by atoms with Crippen molar-refractivity contribution < 1.29 is 24.2 Å². The van der Waals surface area contributed by atoms with Crippen LogP contribution < -0.4 is 9.64 Å². The summed E-state index contributed by atoms with van der Waals surface area (Å²) in [6, 6.07) is 11.4. The minimum atomic E-state index is -0.946. The standard InChI is InChI=1S/C25H33NO5/c1-17-20(24(28)29)13-14-21(25(2,3)4)23(17)26(15-7-8-22(27)31-6)16-18-9-11-19(30-5)12-10-18/h9-14H,7-8,15-16H2,1-6H3,(H,28,29). The maximum atomic E-state index is 11.8. The van der Waals surface area contributed by atoms with Gasteiger partial charge < -0.3 is 19.5 Å². The van der Waals surface area contributed by atoms with E-state index in [1.165, 1.54) is 7.11 Å². The summed E-state index contributed by atoms with van der Waals surface area (Å²) < 4.78 is 10.0. The molecule has 6 heteroatoms. The summed E-state index contributed by atoms with van der Waals surface area (Å²) in [4.78, 5) is 25.7. The Labute approximate surface area is 184 Å². The smallest absolute Gasteiger partial charge is 0.336 e. The number of hydrogen-bond donors (Lipinski definition) is 1. The molecule has 6 nitrogen and oxygen atoms in total. The van der Waals surface area contributed by atoms with Gasteiger partial charge in [-0.3, -0.25) is 4.79 Å². The number of carboxylic acids is 1. The molecule has 0 atom stereocenters. The topological polar surface area (TPSA) is 76.1 Å². The van der Waals surface area contributed by atoms with Gasteiger partial charge >= 0.3 is 11.9 Å². The summed E-state index contributed by atoms with van der Waals surface area (Å²) in [5.74, 6) is -0.421. The van der Waals surface area contributed by atoms with Crippen molar-refractivity contribution in [1.29, 1.82) is 0 Å². The fourth-order valence-corrected chi connectivity index (χ4v) is 3.68. The molecular weight excluding hydrogens is 394 g/mol. The van der Waals surface area contributed by atoms with E-state index in [-0.39, 0.29) is 16.9 Å². The highest BCUT2D eigenvalue weighted by Gasteiger charge is 2.26. The number of carbonyl (C=O) groups excluding carboxylic acids is 1. The Balaban J connectivity index is 2.53. The van der Waals surface area contributed by atoms with Crippen LogP contribution in [-0.4, -0.2) is 37.8 Å². The van der Waals surface area contributed by atoms with Gasteiger partial charge in [-0.1, -0.05) is 39.0 Å². The molecule has 31 heavy (non-hydrogen) atoms. The summed E-state index contributed by atoms with van der Waals surface area (Å²) in [5.41, 5.74) is 3.88. The largest absolute Gasteiger partial charge is 0.497 e. The first-order chi connectivity index (χ1) is 14.6. The normalized spacial score (nSPS) is 11.2. The Hall–Kier alpha value is -3.02. The average molecular weight is 428 g/mol. The van der Waals surface area contributed by atoms with Gasteiger partial charge in [0.1, 0.15) is 5.75 Å². The van der Waals surface area contributed by atoms with E-state index in [4.69, 9.17) is 9.47 Å². The number of hydrogen-bond acceptors (Lipinski definition) is 5. The lowest BCUT2D eigenvalue weighted by molar-refractivity contribution is -0.140. The highest BCUT2D eigenvalue weighted by molar-refractivity contribution is 5.92. The number of rotatable bonds is 9. The third-order valence-electron chi connectivity index (χ3n) is 5.35. The summed E-state index contributed by atoms with van der Waals surface area (Å²) in [5, 5.41) is 9.70. The number of benzene rings is 2. The van der Waals surface area contributed by atoms with Crippen LogP contribution in [0.5, 0.6) is 5.75 Å². The van der Waals surface area contributed by atoms with Crippen LogP contribution in [0.25, 0.3) is 0 Å². The molecule has 1 N–H and O–H groups in total. The molecule has 2 aromatic carbocycles. The van der Waals surface area contributed by atoms with Crippen LogP contribution in [0.3, 0.4) is 0 Å².